The average molecular weight is 384 g/mol. The van der Waals surface area contributed by atoms with Crippen LogP contribution in [0.3, 0.4) is 0 Å². The van der Waals surface area contributed by atoms with Crippen molar-refractivity contribution in [2.24, 2.45) is 4.99 Å². The highest BCUT2D eigenvalue weighted by Crippen LogP contribution is 2.19. The van der Waals surface area contributed by atoms with Gasteiger partial charge in [0.15, 0.2) is 0 Å². The Morgan fingerprint density at radius 3 is 2.11 bits per heavy atom. The molecule has 3 aromatic rings. The second kappa shape index (κ2) is 8.98. The number of aliphatic imine (C=N–C) groups is 1. The van der Waals surface area contributed by atoms with Gasteiger partial charge in [0.1, 0.15) is 8.07 Å². The molecule has 0 saturated carbocycles. The third-order valence-electron chi connectivity index (χ3n) is 5.48. The van der Waals surface area contributed by atoms with Gasteiger partial charge in [-0.15, -0.1) is 6.58 Å². The van der Waals surface area contributed by atoms with Crippen molar-refractivity contribution in [2.45, 2.75) is 33.0 Å². The number of hydrogen-bond acceptors (Lipinski definition) is 1. The summed E-state index contributed by atoms with van der Waals surface area (Å²) in [6, 6.07) is 30.0. The lowest BCUT2D eigenvalue weighted by Gasteiger charge is -2.26. The van der Waals surface area contributed by atoms with E-state index >= 15 is 0 Å². The van der Waals surface area contributed by atoms with Crippen molar-refractivity contribution in [1.29, 1.82) is 0 Å². The van der Waals surface area contributed by atoms with E-state index in [4.69, 9.17) is 4.99 Å². The first-order chi connectivity index (χ1) is 13.5. The van der Waals surface area contributed by atoms with Gasteiger partial charge in [-0.3, -0.25) is 4.99 Å². The third-order valence-corrected chi connectivity index (χ3v) is 9.20. The first-order valence-electron chi connectivity index (χ1n) is 9.85. The summed E-state index contributed by atoms with van der Waals surface area (Å²) in [5, 5.41) is 2.80. The van der Waals surface area contributed by atoms with Gasteiger partial charge in [-0.2, -0.15) is 0 Å². The molecule has 28 heavy (non-hydrogen) atoms. The van der Waals surface area contributed by atoms with Crippen molar-refractivity contribution < 1.29 is 0 Å². The number of hydrogen-bond donors (Lipinski definition) is 0. The minimum atomic E-state index is -1.69. The van der Waals surface area contributed by atoms with Gasteiger partial charge in [-0.25, -0.2) is 0 Å². The molecule has 0 N–H and O–H groups in total. The second-order valence-corrected chi connectivity index (χ2v) is 12.4. The Kier molecular flexibility index (Phi) is 6.43. The molecule has 0 radical (unpaired) electrons. The van der Waals surface area contributed by atoms with Gasteiger partial charge in [0.05, 0.1) is 6.54 Å². The fraction of sp³-hybridized carbons (Fsp3) is 0.192. The quantitative estimate of drug-likeness (QED) is 0.353. The maximum Gasteiger partial charge on any atom is 0.107 e. The van der Waals surface area contributed by atoms with E-state index in [2.05, 4.69) is 105 Å². The summed E-state index contributed by atoms with van der Waals surface area (Å²) in [7, 11) is -1.69. The SMILES string of the molecule is C=C(Cc1cccc(C(C)=NCc2ccccc2)c1)[Si](C)(C)c1ccccc1. The lowest BCUT2D eigenvalue weighted by atomic mass is 10.1. The normalized spacial score (nSPS) is 12.0. The van der Waals surface area contributed by atoms with Gasteiger partial charge >= 0.3 is 0 Å². The number of benzene rings is 3. The van der Waals surface area contributed by atoms with Gasteiger partial charge in [0.2, 0.25) is 0 Å². The fourth-order valence-electron chi connectivity index (χ4n) is 3.32. The summed E-state index contributed by atoms with van der Waals surface area (Å²) in [5.41, 5.74) is 4.83. The van der Waals surface area contributed by atoms with Crippen LogP contribution in [0.25, 0.3) is 0 Å². The maximum atomic E-state index is 4.78. The molecule has 3 rings (SSSR count). The predicted molar refractivity (Wildman–Crippen MR) is 125 cm³/mol. The molecule has 0 aliphatic rings. The van der Waals surface area contributed by atoms with Crippen molar-refractivity contribution in [1.82, 2.24) is 0 Å². The molecular formula is C26H29NSi. The van der Waals surface area contributed by atoms with E-state index < -0.39 is 8.07 Å². The van der Waals surface area contributed by atoms with E-state index in [0.29, 0.717) is 0 Å². The standard InChI is InChI=1S/C26H29NSi/c1-21(28(3,4)26-16-9-6-10-17-26)18-24-14-11-15-25(19-24)22(2)27-20-23-12-7-5-8-13-23/h5-17,19H,1,18,20H2,2-4H3. The second-order valence-electron chi connectivity index (χ2n) is 7.86. The van der Waals surface area contributed by atoms with Gasteiger partial charge in [-0.05, 0) is 36.1 Å². The molecule has 0 atom stereocenters. The van der Waals surface area contributed by atoms with Crippen LogP contribution in [0.15, 0.2) is 102 Å². The van der Waals surface area contributed by atoms with E-state index in [1.807, 2.05) is 6.07 Å². The van der Waals surface area contributed by atoms with Gasteiger partial charge < -0.3 is 0 Å². The van der Waals surface area contributed by atoms with Crippen LogP contribution in [0.2, 0.25) is 13.1 Å². The Bertz CT molecular complexity index is 956. The van der Waals surface area contributed by atoms with Crippen LogP contribution < -0.4 is 5.19 Å². The Morgan fingerprint density at radius 1 is 0.821 bits per heavy atom. The van der Waals surface area contributed by atoms with Crippen molar-refractivity contribution in [2.75, 3.05) is 0 Å². The van der Waals surface area contributed by atoms with Crippen LogP contribution >= 0.6 is 0 Å². The minimum Gasteiger partial charge on any atom is -0.285 e. The summed E-state index contributed by atoms with van der Waals surface area (Å²) >= 11 is 0. The summed E-state index contributed by atoms with van der Waals surface area (Å²) < 4.78 is 0. The van der Waals surface area contributed by atoms with Crippen molar-refractivity contribution in [3.63, 3.8) is 0 Å². The molecule has 0 unspecified atom stereocenters. The van der Waals surface area contributed by atoms with Gasteiger partial charge in [-0.1, -0.05) is 102 Å². The number of allylic oxidation sites excluding steroid dienone is 1. The zero-order valence-electron chi connectivity index (χ0n) is 17.2. The molecule has 0 spiro atoms. The zero-order valence-corrected chi connectivity index (χ0v) is 18.2. The van der Waals surface area contributed by atoms with Gasteiger partial charge in [0, 0.05) is 5.71 Å². The van der Waals surface area contributed by atoms with Crippen molar-refractivity contribution in [3.8, 4) is 0 Å². The topological polar surface area (TPSA) is 12.4 Å². The molecule has 0 heterocycles. The Labute approximate surface area is 170 Å². The summed E-state index contributed by atoms with van der Waals surface area (Å²) in [4.78, 5) is 4.78. The lowest BCUT2D eigenvalue weighted by Crippen LogP contribution is -2.44. The molecule has 0 aliphatic heterocycles. The van der Waals surface area contributed by atoms with E-state index in [1.54, 1.807) is 0 Å². The molecule has 142 valence electrons. The third kappa shape index (κ3) is 4.96. The highest BCUT2D eigenvalue weighted by atomic mass is 28.3. The van der Waals surface area contributed by atoms with Gasteiger partial charge in [0.25, 0.3) is 0 Å². The molecule has 0 saturated heterocycles. The van der Waals surface area contributed by atoms with Crippen LogP contribution in [0.5, 0.6) is 0 Å². The number of nitrogens with zero attached hydrogens (tertiary/aromatic N) is 1. The largest absolute Gasteiger partial charge is 0.285 e. The van der Waals surface area contributed by atoms with Crippen LogP contribution in [-0.4, -0.2) is 13.8 Å². The Morgan fingerprint density at radius 2 is 1.43 bits per heavy atom. The van der Waals surface area contributed by atoms with Crippen molar-refractivity contribution in [3.05, 3.63) is 113 Å². The highest BCUT2D eigenvalue weighted by Gasteiger charge is 2.26. The molecule has 3 aromatic carbocycles. The Hall–Kier alpha value is -2.71. The molecule has 0 amide bonds. The van der Waals surface area contributed by atoms with E-state index in [-0.39, 0.29) is 0 Å². The van der Waals surface area contributed by atoms with Crippen LogP contribution in [0.1, 0.15) is 23.6 Å². The van der Waals surface area contributed by atoms with E-state index in [1.165, 1.54) is 27.1 Å². The summed E-state index contributed by atoms with van der Waals surface area (Å²) in [6.45, 7) is 12.1. The smallest absolute Gasteiger partial charge is 0.107 e. The fourth-order valence-corrected chi connectivity index (χ4v) is 5.40. The molecule has 1 nitrogen and oxygen atoms in total. The summed E-state index contributed by atoms with van der Waals surface area (Å²) in [5.74, 6) is 0. The lowest BCUT2D eigenvalue weighted by molar-refractivity contribution is 1.06. The average Bonchev–Trinajstić information content (AvgIpc) is 2.73. The minimum absolute atomic E-state index is 0.720. The first-order valence-corrected chi connectivity index (χ1v) is 12.8. The number of rotatable bonds is 7. The highest BCUT2D eigenvalue weighted by molar-refractivity contribution is 6.95. The van der Waals surface area contributed by atoms with Crippen LogP contribution in [0.4, 0.5) is 0 Å². The predicted octanol–water partition coefficient (Wildman–Crippen LogP) is 5.95. The van der Waals surface area contributed by atoms with E-state index in [9.17, 15) is 0 Å². The summed E-state index contributed by atoms with van der Waals surface area (Å²) in [6.07, 6.45) is 0.925. The zero-order chi connectivity index (χ0) is 20.0. The van der Waals surface area contributed by atoms with Crippen LogP contribution in [0, 0.1) is 0 Å². The molecule has 0 aromatic heterocycles. The molecule has 0 fully saturated rings. The molecule has 0 aliphatic carbocycles. The van der Waals surface area contributed by atoms with E-state index in [0.717, 1.165) is 18.7 Å². The molecule has 2 heteroatoms. The molecular weight excluding hydrogens is 354 g/mol. The monoisotopic (exact) mass is 383 g/mol. The van der Waals surface area contributed by atoms with Crippen molar-refractivity contribution >= 4 is 19.0 Å². The Balaban J connectivity index is 1.73. The first kappa shape index (κ1) is 20.0. The maximum absolute atomic E-state index is 4.78. The molecule has 0 bridgehead atoms. The van der Waals surface area contributed by atoms with Crippen LogP contribution in [-0.2, 0) is 13.0 Å².